The molecule has 0 radical (unpaired) electrons. The van der Waals surface area contributed by atoms with E-state index in [1.165, 1.54) is 16.9 Å². The van der Waals surface area contributed by atoms with Crippen molar-refractivity contribution >= 4 is 43.4 Å². The number of thiazole rings is 1. The predicted octanol–water partition coefficient (Wildman–Crippen LogP) is 4.40. The lowest BCUT2D eigenvalue weighted by Crippen LogP contribution is -2.16. The van der Waals surface area contributed by atoms with Crippen LogP contribution < -0.4 is 4.80 Å². The van der Waals surface area contributed by atoms with Crippen LogP contribution in [0.5, 0.6) is 0 Å². The Morgan fingerprint density at radius 2 is 2.12 bits per heavy atom. The number of hydrogen-bond donors (Lipinski definition) is 0. The van der Waals surface area contributed by atoms with Crippen LogP contribution in [-0.2, 0) is 13.0 Å². The molecule has 0 aliphatic heterocycles. The second-order valence-electron chi connectivity index (χ2n) is 5.23. The average molecular weight is 399 g/mol. The Morgan fingerprint density at radius 3 is 2.83 bits per heavy atom. The molecule has 1 amide bonds. The molecule has 2 aromatic carbocycles. The van der Waals surface area contributed by atoms with Crippen molar-refractivity contribution in [3.63, 3.8) is 0 Å². The smallest absolute Gasteiger partial charge is 0.280 e. The van der Waals surface area contributed by atoms with Gasteiger partial charge in [0.05, 0.1) is 22.3 Å². The van der Waals surface area contributed by atoms with Gasteiger partial charge < -0.3 is 4.57 Å². The molecule has 120 valence electrons. The van der Waals surface area contributed by atoms with Crippen LogP contribution in [0.2, 0.25) is 0 Å². The van der Waals surface area contributed by atoms with E-state index in [9.17, 15) is 4.79 Å². The molecule has 0 saturated heterocycles. The van der Waals surface area contributed by atoms with Crippen molar-refractivity contribution < 1.29 is 4.79 Å². The Balaban J connectivity index is 2.17. The largest absolute Gasteiger partial charge is 0.305 e. The highest BCUT2D eigenvalue weighted by atomic mass is 79.9. The fourth-order valence-corrected chi connectivity index (χ4v) is 3.99. The van der Waals surface area contributed by atoms with Crippen molar-refractivity contribution in [2.45, 2.75) is 19.9 Å². The van der Waals surface area contributed by atoms with E-state index in [1.54, 1.807) is 6.07 Å². The van der Waals surface area contributed by atoms with E-state index in [0.717, 1.165) is 21.1 Å². The lowest BCUT2D eigenvalue weighted by atomic mass is 10.2. The van der Waals surface area contributed by atoms with Crippen LogP contribution in [0, 0.1) is 12.3 Å². The summed E-state index contributed by atoms with van der Waals surface area (Å²) in [6.07, 6.45) is 6.47. The highest BCUT2D eigenvalue weighted by Gasteiger charge is 2.11. The molecular weight excluding hydrogens is 384 g/mol. The zero-order valence-electron chi connectivity index (χ0n) is 13.1. The van der Waals surface area contributed by atoms with E-state index in [0.29, 0.717) is 16.9 Å². The Hall–Kier alpha value is -2.16. The topological polar surface area (TPSA) is 34.4 Å². The Morgan fingerprint density at radius 1 is 1.33 bits per heavy atom. The van der Waals surface area contributed by atoms with Gasteiger partial charge >= 0.3 is 0 Å². The molecule has 0 atom stereocenters. The third-order valence-corrected chi connectivity index (χ3v) is 5.44. The van der Waals surface area contributed by atoms with Crippen molar-refractivity contribution in [2.75, 3.05) is 0 Å². The fraction of sp³-hybridized carbons (Fsp3) is 0.158. The summed E-state index contributed by atoms with van der Waals surface area (Å²) in [5, 5.41) is 0. The molecule has 0 saturated carbocycles. The van der Waals surface area contributed by atoms with Gasteiger partial charge in [0.15, 0.2) is 4.80 Å². The number of aryl methyl sites for hydroxylation is 1. The summed E-state index contributed by atoms with van der Waals surface area (Å²) in [6, 6.07) is 13.5. The quantitative estimate of drug-likeness (QED) is 0.601. The van der Waals surface area contributed by atoms with Gasteiger partial charge in [-0.3, -0.25) is 4.79 Å². The zero-order chi connectivity index (χ0) is 17.1. The minimum absolute atomic E-state index is 0.282. The molecule has 0 spiro atoms. The van der Waals surface area contributed by atoms with Crippen LogP contribution >= 0.6 is 27.3 Å². The Kier molecular flexibility index (Phi) is 4.98. The SMILES string of the molecule is C#CCn1c(=NC(=O)c2ccccc2Br)sc2cc(CC)ccc21. The minimum Gasteiger partial charge on any atom is -0.305 e. The molecule has 1 aromatic heterocycles. The number of terminal acetylenes is 1. The summed E-state index contributed by atoms with van der Waals surface area (Å²) in [6.45, 7) is 2.50. The molecule has 24 heavy (non-hydrogen) atoms. The normalized spacial score (nSPS) is 11.6. The maximum atomic E-state index is 12.5. The average Bonchev–Trinajstić information content (AvgIpc) is 2.92. The summed E-state index contributed by atoms with van der Waals surface area (Å²) >= 11 is 4.88. The first-order valence-corrected chi connectivity index (χ1v) is 9.14. The first-order valence-electron chi connectivity index (χ1n) is 7.53. The molecule has 0 aliphatic rings. The molecule has 3 aromatic rings. The number of aromatic nitrogens is 1. The maximum Gasteiger partial charge on any atom is 0.280 e. The monoisotopic (exact) mass is 398 g/mol. The van der Waals surface area contributed by atoms with Gasteiger partial charge in [-0.15, -0.1) is 6.42 Å². The molecule has 3 nitrogen and oxygen atoms in total. The van der Waals surface area contributed by atoms with Crippen LogP contribution in [0.1, 0.15) is 22.8 Å². The number of carbonyl (C=O) groups excluding carboxylic acids is 1. The number of hydrogen-bond acceptors (Lipinski definition) is 2. The van der Waals surface area contributed by atoms with Gasteiger partial charge in [-0.25, -0.2) is 0 Å². The summed E-state index contributed by atoms with van der Waals surface area (Å²) in [4.78, 5) is 17.5. The van der Waals surface area contributed by atoms with Gasteiger partial charge in [0, 0.05) is 4.47 Å². The van der Waals surface area contributed by atoms with Gasteiger partial charge in [0.1, 0.15) is 0 Å². The summed E-state index contributed by atoms with van der Waals surface area (Å²) < 4.78 is 3.73. The van der Waals surface area contributed by atoms with Crippen molar-refractivity contribution in [1.29, 1.82) is 0 Å². The molecule has 0 unspecified atom stereocenters. The van der Waals surface area contributed by atoms with Gasteiger partial charge in [0.2, 0.25) is 0 Å². The lowest BCUT2D eigenvalue weighted by Gasteiger charge is -2.01. The Labute approximate surface area is 152 Å². The lowest BCUT2D eigenvalue weighted by molar-refractivity contribution is 0.0997. The molecule has 0 bridgehead atoms. The number of rotatable bonds is 3. The number of nitrogens with zero attached hydrogens (tertiary/aromatic N) is 2. The summed E-state index contributed by atoms with van der Waals surface area (Å²) in [7, 11) is 0. The van der Waals surface area contributed by atoms with Gasteiger partial charge in [-0.2, -0.15) is 4.99 Å². The van der Waals surface area contributed by atoms with E-state index < -0.39 is 0 Å². The number of fused-ring (bicyclic) bond motifs is 1. The molecule has 0 fully saturated rings. The second-order valence-corrected chi connectivity index (χ2v) is 7.09. The number of carbonyl (C=O) groups is 1. The van der Waals surface area contributed by atoms with E-state index in [-0.39, 0.29) is 5.91 Å². The molecular formula is C19H15BrN2OS. The van der Waals surface area contributed by atoms with Gasteiger partial charge in [0.25, 0.3) is 5.91 Å². The second kappa shape index (κ2) is 7.16. The first-order chi connectivity index (χ1) is 11.6. The van der Waals surface area contributed by atoms with Crippen LogP contribution in [0.15, 0.2) is 51.9 Å². The van der Waals surface area contributed by atoms with Gasteiger partial charge in [-0.05, 0) is 52.2 Å². The number of amides is 1. The third kappa shape index (κ3) is 3.21. The van der Waals surface area contributed by atoms with Crippen LogP contribution in [-0.4, -0.2) is 10.5 Å². The van der Waals surface area contributed by atoms with Crippen LogP contribution in [0.4, 0.5) is 0 Å². The molecule has 1 heterocycles. The summed E-state index contributed by atoms with van der Waals surface area (Å²) in [5.74, 6) is 2.36. The number of benzene rings is 2. The minimum atomic E-state index is -0.282. The van der Waals surface area contributed by atoms with Gasteiger partial charge in [-0.1, -0.05) is 42.4 Å². The standard InChI is InChI=1S/C19H15BrN2OS/c1-3-11-22-16-10-9-13(4-2)12-17(16)24-19(22)21-18(23)14-7-5-6-8-15(14)20/h1,5-10,12H,4,11H2,2H3. The molecule has 0 aliphatic carbocycles. The van der Waals surface area contributed by atoms with Crippen molar-refractivity contribution in [2.24, 2.45) is 4.99 Å². The zero-order valence-corrected chi connectivity index (χ0v) is 15.5. The van der Waals surface area contributed by atoms with E-state index in [2.05, 4.69) is 45.9 Å². The third-order valence-electron chi connectivity index (χ3n) is 3.71. The molecule has 5 heteroatoms. The Bertz CT molecular complexity index is 1020. The highest BCUT2D eigenvalue weighted by molar-refractivity contribution is 9.10. The summed E-state index contributed by atoms with van der Waals surface area (Å²) in [5.41, 5.74) is 2.80. The predicted molar refractivity (Wildman–Crippen MR) is 102 cm³/mol. The number of halogens is 1. The van der Waals surface area contributed by atoms with Crippen molar-refractivity contribution in [3.05, 3.63) is 62.9 Å². The fourth-order valence-electron chi connectivity index (χ4n) is 2.45. The van der Waals surface area contributed by atoms with Crippen LogP contribution in [0.3, 0.4) is 0 Å². The molecule has 0 N–H and O–H groups in total. The molecule has 3 rings (SSSR count). The first kappa shape index (κ1) is 16.7. The van der Waals surface area contributed by atoms with E-state index in [4.69, 9.17) is 6.42 Å². The van der Waals surface area contributed by atoms with Crippen molar-refractivity contribution in [3.8, 4) is 12.3 Å². The van der Waals surface area contributed by atoms with Crippen LogP contribution in [0.25, 0.3) is 10.2 Å². The van der Waals surface area contributed by atoms with E-state index in [1.807, 2.05) is 28.8 Å². The maximum absolute atomic E-state index is 12.5. The van der Waals surface area contributed by atoms with E-state index >= 15 is 0 Å². The van der Waals surface area contributed by atoms with Crippen molar-refractivity contribution in [1.82, 2.24) is 4.57 Å². The highest BCUT2D eigenvalue weighted by Crippen LogP contribution is 2.20.